The first kappa shape index (κ1) is 17.5. The van der Waals surface area contributed by atoms with Gasteiger partial charge in [-0.2, -0.15) is 0 Å². The van der Waals surface area contributed by atoms with Gasteiger partial charge in [-0.1, -0.05) is 12.1 Å². The van der Waals surface area contributed by atoms with Gasteiger partial charge < -0.3 is 19.1 Å². The molecule has 134 valence electrons. The molecule has 1 aliphatic heterocycles. The maximum absolute atomic E-state index is 5.74. The number of piperidine rings is 1. The van der Waals surface area contributed by atoms with Crippen molar-refractivity contribution in [2.75, 3.05) is 39.3 Å². The number of benzene rings is 1. The molecule has 3 rings (SSSR count). The van der Waals surface area contributed by atoms with Crippen LogP contribution in [0.5, 0.6) is 11.6 Å². The molecule has 0 spiro atoms. The van der Waals surface area contributed by atoms with Crippen LogP contribution in [-0.2, 0) is 11.2 Å². The van der Waals surface area contributed by atoms with Crippen LogP contribution in [0.4, 0.5) is 5.82 Å². The van der Waals surface area contributed by atoms with Crippen molar-refractivity contribution in [2.24, 2.45) is 5.92 Å². The predicted molar refractivity (Wildman–Crippen MR) is 96.4 cm³/mol. The molecular formula is C19H25N3O3. The zero-order chi connectivity index (χ0) is 17.6. The third-order valence-corrected chi connectivity index (χ3v) is 4.78. The van der Waals surface area contributed by atoms with Crippen molar-refractivity contribution < 1.29 is 14.2 Å². The molecule has 0 radical (unpaired) electrons. The fourth-order valence-electron chi connectivity index (χ4n) is 3.40. The molecule has 0 N–H and O–H groups in total. The number of anilines is 1. The molecule has 6 heteroatoms. The highest BCUT2D eigenvalue weighted by Gasteiger charge is 2.30. The van der Waals surface area contributed by atoms with Crippen LogP contribution in [0, 0.1) is 5.92 Å². The SMILES string of the molecule is COc1ccc(C[C@@H]2CN(c3cc(OC)ncn3)CC[C@H]2OC)cc1. The normalized spacial score (nSPS) is 20.4. The van der Waals surface area contributed by atoms with Crippen molar-refractivity contribution in [1.82, 2.24) is 9.97 Å². The van der Waals surface area contributed by atoms with Crippen molar-refractivity contribution in [1.29, 1.82) is 0 Å². The van der Waals surface area contributed by atoms with E-state index in [0.717, 1.165) is 37.5 Å². The lowest BCUT2D eigenvalue weighted by atomic mass is 9.88. The first-order valence-electron chi connectivity index (χ1n) is 8.50. The van der Waals surface area contributed by atoms with Crippen LogP contribution in [0.2, 0.25) is 0 Å². The average Bonchev–Trinajstić information content (AvgIpc) is 2.68. The first-order valence-corrected chi connectivity index (χ1v) is 8.50. The molecule has 1 aromatic carbocycles. The molecule has 2 aromatic rings. The average molecular weight is 343 g/mol. The molecule has 1 aromatic heterocycles. The summed E-state index contributed by atoms with van der Waals surface area (Å²) in [5, 5.41) is 0. The summed E-state index contributed by atoms with van der Waals surface area (Å²) >= 11 is 0. The molecule has 1 saturated heterocycles. The number of hydrogen-bond acceptors (Lipinski definition) is 6. The second-order valence-corrected chi connectivity index (χ2v) is 6.24. The standard InChI is InChI=1S/C19H25N3O3/c1-23-16-6-4-14(5-7-16)10-15-12-22(9-8-17(15)24-2)18-11-19(25-3)21-13-20-18/h4-7,11,13,15,17H,8-10,12H2,1-3H3/t15-,17-/m1/s1. The maximum Gasteiger partial charge on any atom is 0.218 e. The second kappa shape index (κ2) is 8.16. The van der Waals surface area contributed by atoms with Crippen LogP contribution in [0.3, 0.4) is 0 Å². The zero-order valence-electron chi connectivity index (χ0n) is 15.0. The van der Waals surface area contributed by atoms with E-state index in [4.69, 9.17) is 14.2 Å². The number of methoxy groups -OCH3 is 3. The van der Waals surface area contributed by atoms with Crippen molar-refractivity contribution in [3.63, 3.8) is 0 Å². The summed E-state index contributed by atoms with van der Waals surface area (Å²) in [5.74, 6) is 2.77. The lowest BCUT2D eigenvalue weighted by molar-refractivity contribution is 0.0375. The number of nitrogens with zero attached hydrogens (tertiary/aromatic N) is 3. The number of rotatable bonds is 6. The summed E-state index contributed by atoms with van der Waals surface area (Å²) in [5.41, 5.74) is 1.29. The summed E-state index contributed by atoms with van der Waals surface area (Å²) in [6.45, 7) is 1.81. The minimum atomic E-state index is 0.252. The molecule has 1 aliphatic rings. The topological polar surface area (TPSA) is 56.7 Å². The van der Waals surface area contributed by atoms with Crippen molar-refractivity contribution in [3.8, 4) is 11.6 Å². The molecule has 0 unspecified atom stereocenters. The fourth-order valence-corrected chi connectivity index (χ4v) is 3.40. The molecule has 1 fully saturated rings. The summed E-state index contributed by atoms with van der Waals surface area (Å²) in [7, 11) is 5.11. The smallest absolute Gasteiger partial charge is 0.218 e. The van der Waals surface area contributed by atoms with Gasteiger partial charge in [0.1, 0.15) is 17.9 Å². The van der Waals surface area contributed by atoms with Gasteiger partial charge in [-0.25, -0.2) is 9.97 Å². The zero-order valence-corrected chi connectivity index (χ0v) is 15.0. The second-order valence-electron chi connectivity index (χ2n) is 6.24. The van der Waals surface area contributed by atoms with E-state index in [2.05, 4.69) is 27.0 Å². The van der Waals surface area contributed by atoms with Crippen LogP contribution in [0.1, 0.15) is 12.0 Å². The van der Waals surface area contributed by atoms with Crippen LogP contribution < -0.4 is 14.4 Å². The molecular weight excluding hydrogens is 318 g/mol. The van der Waals surface area contributed by atoms with E-state index in [-0.39, 0.29) is 6.10 Å². The van der Waals surface area contributed by atoms with E-state index >= 15 is 0 Å². The van der Waals surface area contributed by atoms with Crippen LogP contribution in [0.15, 0.2) is 36.7 Å². The Kier molecular flexibility index (Phi) is 5.71. The van der Waals surface area contributed by atoms with Crippen molar-refractivity contribution >= 4 is 5.82 Å². The Balaban J connectivity index is 1.73. The summed E-state index contributed by atoms with van der Waals surface area (Å²) < 4.78 is 16.2. The fraction of sp³-hybridized carbons (Fsp3) is 0.474. The monoisotopic (exact) mass is 343 g/mol. The highest BCUT2D eigenvalue weighted by atomic mass is 16.5. The lowest BCUT2D eigenvalue weighted by Gasteiger charge is -2.38. The molecule has 2 atom stereocenters. The number of hydrogen-bond donors (Lipinski definition) is 0. The maximum atomic E-state index is 5.74. The predicted octanol–water partition coefficient (Wildman–Crippen LogP) is 2.58. The van der Waals surface area contributed by atoms with Crippen LogP contribution in [0.25, 0.3) is 0 Å². The Hall–Kier alpha value is -2.34. The minimum Gasteiger partial charge on any atom is -0.497 e. The molecule has 0 aliphatic carbocycles. The molecule has 6 nitrogen and oxygen atoms in total. The summed E-state index contributed by atoms with van der Waals surface area (Å²) in [6, 6.07) is 10.1. The van der Waals surface area contributed by atoms with E-state index in [1.807, 2.05) is 18.2 Å². The molecule has 0 saturated carbocycles. The van der Waals surface area contributed by atoms with Gasteiger partial charge in [0.05, 0.1) is 20.3 Å². The van der Waals surface area contributed by atoms with Gasteiger partial charge in [0.2, 0.25) is 5.88 Å². The number of aromatic nitrogens is 2. The van der Waals surface area contributed by atoms with E-state index < -0.39 is 0 Å². The summed E-state index contributed by atoms with van der Waals surface area (Å²) in [6.07, 6.45) is 3.74. The highest BCUT2D eigenvalue weighted by molar-refractivity contribution is 5.41. The third-order valence-electron chi connectivity index (χ3n) is 4.78. The third kappa shape index (κ3) is 4.20. The molecule has 0 amide bonds. The molecule has 2 heterocycles. The largest absolute Gasteiger partial charge is 0.497 e. The van der Waals surface area contributed by atoms with Crippen LogP contribution >= 0.6 is 0 Å². The van der Waals surface area contributed by atoms with Crippen LogP contribution in [-0.4, -0.2) is 50.5 Å². The first-order chi connectivity index (χ1) is 12.2. The van der Waals surface area contributed by atoms with E-state index in [1.165, 1.54) is 5.56 Å². The minimum absolute atomic E-state index is 0.252. The Morgan fingerprint density at radius 2 is 1.88 bits per heavy atom. The van der Waals surface area contributed by atoms with Gasteiger partial charge >= 0.3 is 0 Å². The van der Waals surface area contributed by atoms with E-state index in [0.29, 0.717) is 11.8 Å². The van der Waals surface area contributed by atoms with Gasteiger partial charge in [0.15, 0.2) is 0 Å². The van der Waals surface area contributed by atoms with Gasteiger partial charge in [0.25, 0.3) is 0 Å². The van der Waals surface area contributed by atoms with Gasteiger partial charge in [-0.15, -0.1) is 0 Å². The Labute approximate surface area is 148 Å². The van der Waals surface area contributed by atoms with Gasteiger partial charge in [-0.3, -0.25) is 0 Å². The van der Waals surface area contributed by atoms with Gasteiger partial charge in [-0.05, 0) is 30.5 Å². The van der Waals surface area contributed by atoms with E-state index in [1.54, 1.807) is 27.7 Å². The quantitative estimate of drug-likeness (QED) is 0.803. The lowest BCUT2D eigenvalue weighted by Crippen LogP contribution is -2.45. The summed E-state index contributed by atoms with van der Waals surface area (Å²) in [4.78, 5) is 10.8. The Bertz CT molecular complexity index is 678. The van der Waals surface area contributed by atoms with Crippen molar-refractivity contribution in [2.45, 2.75) is 18.9 Å². The van der Waals surface area contributed by atoms with E-state index in [9.17, 15) is 0 Å². The molecule has 25 heavy (non-hydrogen) atoms. The van der Waals surface area contributed by atoms with Gasteiger partial charge in [0, 0.05) is 32.2 Å². The Morgan fingerprint density at radius 3 is 2.56 bits per heavy atom. The highest BCUT2D eigenvalue weighted by Crippen LogP contribution is 2.28. The van der Waals surface area contributed by atoms with Crippen molar-refractivity contribution in [3.05, 3.63) is 42.2 Å². The molecule has 0 bridgehead atoms. The Morgan fingerprint density at radius 1 is 1.08 bits per heavy atom. The number of ether oxygens (including phenoxy) is 3.